The smallest absolute Gasteiger partial charge is 0.241 e. The highest BCUT2D eigenvalue weighted by molar-refractivity contribution is 5.95. The Labute approximate surface area is 100 Å². The number of benzene rings is 1. The predicted octanol–water partition coefficient (Wildman–Crippen LogP) is 1.93. The van der Waals surface area contributed by atoms with E-state index in [1.54, 1.807) is 0 Å². The third-order valence-corrected chi connectivity index (χ3v) is 2.74. The van der Waals surface area contributed by atoms with Crippen LogP contribution in [0.25, 0.3) is 0 Å². The average Bonchev–Trinajstić information content (AvgIpc) is 2.85. The van der Waals surface area contributed by atoms with Crippen molar-refractivity contribution in [2.45, 2.75) is 18.9 Å². The standard InChI is InChI=1S/C11H10F4N2O/c12-5-4-6(13)9(15)10(8(5)14)17-11(18)7-2-1-3-16-7/h4,7,16H,1-3H2,(H,17,18). The van der Waals surface area contributed by atoms with Gasteiger partial charge in [-0.1, -0.05) is 0 Å². The van der Waals surface area contributed by atoms with Gasteiger partial charge in [0.1, 0.15) is 5.69 Å². The number of halogens is 4. The molecule has 0 aromatic heterocycles. The van der Waals surface area contributed by atoms with E-state index in [9.17, 15) is 22.4 Å². The summed E-state index contributed by atoms with van der Waals surface area (Å²) in [6.45, 7) is 0.612. The van der Waals surface area contributed by atoms with Crippen molar-refractivity contribution in [3.8, 4) is 0 Å². The molecule has 1 fully saturated rings. The van der Waals surface area contributed by atoms with E-state index in [1.807, 2.05) is 5.32 Å². The van der Waals surface area contributed by atoms with Gasteiger partial charge in [0.2, 0.25) is 5.91 Å². The molecule has 1 aliphatic heterocycles. The van der Waals surface area contributed by atoms with E-state index in [0.29, 0.717) is 13.0 Å². The molecular formula is C11H10F4N2O. The molecule has 2 N–H and O–H groups in total. The molecule has 1 aliphatic rings. The summed E-state index contributed by atoms with van der Waals surface area (Å²) in [5.74, 6) is -7.04. The number of rotatable bonds is 2. The predicted molar refractivity (Wildman–Crippen MR) is 55.9 cm³/mol. The highest BCUT2D eigenvalue weighted by Crippen LogP contribution is 2.24. The quantitative estimate of drug-likeness (QED) is 0.631. The van der Waals surface area contributed by atoms with Gasteiger partial charge in [-0.05, 0) is 19.4 Å². The van der Waals surface area contributed by atoms with Gasteiger partial charge in [0.05, 0.1) is 6.04 Å². The summed E-state index contributed by atoms with van der Waals surface area (Å²) in [4.78, 5) is 11.6. The van der Waals surface area contributed by atoms with Crippen LogP contribution in [0.1, 0.15) is 12.8 Å². The maximum Gasteiger partial charge on any atom is 0.241 e. The van der Waals surface area contributed by atoms with E-state index < -0.39 is 40.9 Å². The lowest BCUT2D eigenvalue weighted by atomic mass is 10.2. The van der Waals surface area contributed by atoms with E-state index in [4.69, 9.17) is 0 Å². The van der Waals surface area contributed by atoms with Crippen LogP contribution in [0.15, 0.2) is 6.07 Å². The van der Waals surface area contributed by atoms with Gasteiger partial charge >= 0.3 is 0 Å². The molecule has 1 aromatic carbocycles. The largest absolute Gasteiger partial charge is 0.320 e. The Balaban J connectivity index is 2.25. The zero-order chi connectivity index (χ0) is 13.3. The van der Waals surface area contributed by atoms with Gasteiger partial charge < -0.3 is 10.6 Å². The summed E-state index contributed by atoms with van der Waals surface area (Å²) in [6.07, 6.45) is 1.26. The summed E-state index contributed by atoms with van der Waals surface area (Å²) in [7, 11) is 0. The fraction of sp³-hybridized carbons (Fsp3) is 0.364. The summed E-state index contributed by atoms with van der Waals surface area (Å²) < 4.78 is 52.3. The van der Waals surface area contributed by atoms with Gasteiger partial charge in [-0.25, -0.2) is 17.6 Å². The van der Waals surface area contributed by atoms with Crippen LogP contribution >= 0.6 is 0 Å². The molecule has 18 heavy (non-hydrogen) atoms. The summed E-state index contributed by atoms with van der Waals surface area (Å²) in [5.41, 5.74) is -1.09. The Kier molecular flexibility index (Phi) is 3.51. The number of anilines is 1. The van der Waals surface area contributed by atoms with E-state index in [-0.39, 0.29) is 6.07 Å². The highest BCUT2D eigenvalue weighted by Gasteiger charge is 2.26. The molecule has 1 atom stereocenters. The Morgan fingerprint density at radius 3 is 2.33 bits per heavy atom. The highest BCUT2D eigenvalue weighted by atomic mass is 19.2. The van der Waals surface area contributed by atoms with Crippen LogP contribution in [-0.2, 0) is 4.79 Å². The van der Waals surface area contributed by atoms with Gasteiger partial charge in [-0.3, -0.25) is 4.79 Å². The molecule has 0 radical (unpaired) electrons. The first-order valence-electron chi connectivity index (χ1n) is 5.38. The van der Waals surface area contributed by atoms with Gasteiger partial charge in [-0.2, -0.15) is 0 Å². The molecule has 0 bridgehead atoms. The summed E-state index contributed by atoms with van der Waals surface area (Å²) >= 11 is 0. The minimum absolute atomic E-state index is 0.0914. The van der Waals surface area contributed by atoms with Crippen LogP contribution < -0.4 is 10.6 Å². The molecule has 1 aromatic rings. The lowest BCUT2D eigenvalue weighted by Crippen LogP contribution is -2.36. The number of carbonyl (C=O) groups excluding carboxylic acids is 1. The van der Waals surface area contributed by atoms with Crippen LogP contribution in [0, 0.1) is 23.3 Å². The minimum atomic E-state index is -1.61. The fourth-order valence-electron chi connectivity index (χ4n) is 1.80. The normalized spacial score (nSPS) is 19.0. The molecule has 1 saturated heterocycles. The Hall–Kier alpha value is -1.63. The van der Waals surface area contributed by atoms with Crippen LogP contribution in [0.5, 0.6) is 0 Å². The van der Waals surface area contributed by atoms with Gasteiger partial charge in [0, 0.05) is 6.07 Å². The fourth-order valence-corrected chi connectivity index (χ4v) is 1.80. The molecule has 1 amide bonds. The Bertz CT molecular complexity index is 460. The van der Waals surface area contributed by atoms with E-state index >= 15 is 0 Å². The lowest BCUT2D eigenvalue weighted by molar-refractivity contribution is -0.117. The number of hydrogen-bond acceptors (Lipinski definition) is 2. The van der Waals surface area contributed by atoms with Crippen molar-refractivity contribution in [2.24, 2.45) is 0 Å². The zero-order valence-corrected chi connectivity index (χ0v) is 9.20. The average molecular weight is 262 g/mol. The maximum absolute atomic E-state index is 13.3. The number of carbonyl (C=O) groups is 1. The molecule has 7 heteroatoms. The molecule has 1 heterocycles. The Morgan fingerprint density at radius 1 is 1.22 bits per heavy atom. The summed E-state index contributed by atoms with van der Waals surface area (Å²) in [5, 5.41) is 4.67. The summed E-state index contributed by atoms with van der Waals surface area (Å²) in [6, 6.07) is -0.510. The first kappa shape index (κ1) is 12.8. The van der Waals surface area contributed by atoms with Crippen LogP contribution in [-0.4, -0.2) is 18.5 Å². The molecule has 98 valence electrons. The van der Waals surface area contributed by atoms with E-state index in [0.717, 1.165) is 6.42 Å². The van der Waals surface area contributed by atoms with Crippen LogP contribution in [0.3, 0.4) is 0 Å². The second-order valence-corrected chi connectivity index (χ2v) is 3.98. The van der Waals surface area contributed by atoms with Gasteiger partial charge in [0.25, 0.3) is 0 Å². The second kappa shape index (κ2) is 4.93. The van der Waals surface area contributed by atoms with Crippen molar-refractivity contribution < 1.29 is 22.4 Å². The molecular weight excluding hydrogens is 252 g/mol. The molecule has 0 saturated carbocycles. The van der Waals surface area contributed by atoms with Crippen LogP contribution in [0.4, 0.5) is 23.2 Å². The molecule has 0 spiro atoms. The monoisotopic (exact) mass is 262 g/mol. The van der Waals surface area contributed by atoms with Crippen molar-refractivity contribution >= 4 is 11.6 Å². The Morgan fingerprint density at radius 2 is 1.83 bits per heavy atom. The minimum Gasteiger partial charge on any atom is -0.320 e. The first-order valence-corrected chi connectivity index (χ1v) is 5.38. The van der Waals surface area contributed by atoms with Gasteiger partial charge in [-0.15, -0.1) is 0 Å². The van der Waals surface area contributed by atoms with E-state index in [2.05, 4.69) is 5.32 Å². The van der Waals surface area contributed by atoms with Crippen LogP contribution in [0.2, 0.25) is 0 Å². The third-order valence-electron chi connectivity index (χ3n) is 2.74. The van der Waals surface area contributed by atoms with Crippen molar-refractivity contribution in [3.05, 3.63) is 29.3 Å². The maximum atomic E-state index is 13.3. The van der Waals surface area contributed by atoms with Crippen molar-refractivity contribution in [1.82, 2.24) is 5.32 Å². The zero-order valence-electron chi connectivity index (χ0n) is 9.20. The SMILES string of the molecule is O=C(Nc1c(F)c(F)cc(F)c1F)C1CCCN1. The number of hydrogen-bond donors (Lipinski definition) is 2. The van der Waals surface area contributed by atoms with Crippen molar-refractivity contribution in [3.63, 3.8) is 0 Å². The van der Waals surface area contributed by atoms with E-state index in [1.165, 1.54) is 0 Å². The molecule has 2 rings (SSSR count). The molecule has 0 aliphatic carbocycles. The third kappa shape index (κ3) is 2.31. The first-order chi connectivity index (χ1) is 8.50. The lowest BCUT2D eigenvalue weighted by Gasteiger charge is -2.12. The number of amides is 1. The van der Waals surface area contributed by atoms with Crippen molar-refractivity contribution in [1.29, 1.82) is 0 Å². The van der Waals surface area contributed by atoms with Crippen molar-refractivity contribution in [2.75, 3.05) is 11.9 Å². The van der Waals surface area contributed by atoms with Gasteiger partial charge in [0.15, 0.2) is 23.3 Å². The topological polar surface area (TPSA) is 41.1 Å². The molecule has 1 unspecified atom stereocenters. The number of nitrogens with one attached hydrogen (secondary N) is 2. The molecule has 3 nitrogen and oxygen atoms in total. The second-order valence-electron chi connectivity index (χ2n) is 3.98.